The van der Waals surface area contributed by atoms with Crippen LogP contribution in [0.3, 0.4) is 0 Å². The number of halogens is 2. The predicted molar refractivity (Wildman–Crippen MR) is 84.9 cm³/mol. The third-order valence-corrected chi connectivity index (χ3v) is 5.32. The molecular formula is C16H15Cl2N3O. The van der Waals surface area contributed by atoms with Gasteiger partial charge in [-0.2, -0.15) is 5.26 Å². The molecule has 1 unspecified atom stereocenters. The van der Waals surface area contributed by atoms with Gasteiger partial charge in [-0.05, 0) is 24.5 Å². The topological polar surface area (TPSA) is 61.8 Å². The van der Waals surface area contributed by atoms with Crippen LogP contribution in [-0.4, -0.2) is 25.1 Å². The summed E-state index contributed by atoms with van der Waals surface area (Å²) in [5, 5.41) is 20.9. The molecular weight excluding hydrogens is 321 g/mol. The van der Waals surface area contributed by atoms with E-state index in [2.05, 4.69) is 11.1 Å². The maximum atomic E-state index is 11.2. The average Bonchev–Trinajstić information content (AvgIpc) is 3.10. The van der Waals surface area contributed by atoms with Crippen LogP contribution in [0.5, 0.6) is 0 Å². The van der Waals surface area contributed by atoms with Crippen molar-refractivity contribution < 1.29 is 5.11 Å². The number of rotatable bonds is 5. The lowest BCUT2D eigenvalue weighted by Crippen LogP contribution is -2.47. The highest BCUT2D eigenvalue weighted by Gasteiger charge is 2.58. The van der Waals surface area contributed by atoms with E-state index in [4.69, 9.17) is 28.5 Å². The minimum absolute atomic E-state index is 0.213. The fourth-order valence-corrected chi connectivity index (χ4v) is 3.13. The van der Waals surface area contributed by atoms with E-state index in [0.717, 1.165) is 18.4 Å². The number of alkyl halides is 1. The fraction of sp³-hybridized carbons (Fsp3) is 0.375. The monoisotopic (exact) mass is 335 g/mol. The Kier molecular flexibility index (Phi) is 3.90. The SMILES string of the molecule is N#Cc1cncn1CC(O)(Cc1ccccc1Cl)C1(Cl)CC1. The summed E-state index contributed by atoms with van der Waals surface area (Å²) >= 11 is 12.8. The van der Waals surface area contributed by atoms with Gasteiger partial charge in [0.05, 0.1) is 23.9 Å². The van der Waals surface area contributed by atoms with Crippen LogP contribution in [0.25, 0.3) is 0 Å². The lowest BCUT2D eigenvalue weighted by molar-refractivity contribution is 0.0107. The summed E-state index contributed by atoms with van der Waals surface area (Å²) in [5.41, 5.74) is 0.0574. The van der Waals surface area contributed by atoms with E-state index in [1.165, 1.54) is 6.20 Å². The van der Waals surface area contributed by atoms with Gasteiger partial charge in [-0.15, -0.1) is 11.6 Å². The highest BCUT2D eigenvalue weighted by molar-refractivity contribution is 6.31. The number of aromatic nitrogens is 2. The van der Waals surface area contributed by atoms with Gasteiger partial charge in [0.15, 0.2) is 0 Å². The lowest BCUT2D eigenvalue weighted by Gasteiger charge is -2.34. The second-order valence-electron chi connectivity index (χ2n) is 5.78. The van der Waals surface area contributed by atoms with Crippen molar-refractivity contribution in [2.24, 2.45) is 0 Å². The number of hydrogen-bond donors (Lipinski definition) is 1. The Morgan fingerprint density at radius 2 is 2.14 bits per heavy atom. The van der Waals surface area contributed by atoms with Crippen molar-refractivity contribution in [2.45, 2.75) is 36.3 Å². The van der Waals surface area contributed by atoms with E-state index in [-0.39, 0.29) is 6.54 Å². The zero-order valence-electron chi connectivity index (χ0n) is 11.8. The summed E-state index contributed by atoms with van der Waals surface area (Å²) in [6.45, 7) is 0.213. The molecule has 2 aromatic rings. The van der Waals surface area contributed by atoms with E-state index >= 15 is 0 Å². The van der Waals surface area contributed by atoms with Gasteiger partial charge in [-0.3, -0.25) is 0 Å². The zero-order valence-corrected chi connectivity index (χ0v) is 13.3. The van der Waals surface area contributed by atoms with Gasteiger partial charge in [-0.25, -0.2) is 4.98 Å². The summed E-state index contributed by atoms with van der Waals surface area (Å²) in [5.74, 6) is 0. The molecule has 0 radical (unpaired) electrons. The van der Waals surface area contributed by atoms with Gasteiger partial charge in [-0.1, -0.05) is 29.8 Å². The first-order valence-electron chi connectivity index (χ1n) is 7.02. The molecule has 1 heterocycles. The van der Waals surface area contributed by atoms with Crippen molar-refractivity contribution in [3.05, 3.63) is 53.1 Å². The molecule has 0 bridgehead atoms. The van der Waals surface area contributed by atoms with E-state index in [0.29, 0.717) is 17.1 Å². The molecule has 1 aromatic heterocycles. The molecule has 114 valence electrons. The van der Waals surface area contributed by atoms with Crippen molar-refractivity contribution in [2.75, 3.05) is 0 Å². The highest BCUT2D eigenvalue weighted by Crippen LogP contribution is 2.53. The molecule has 4 nitrogen and oxygen atoms in total. The molecule has 0 spiro atoms. The molecule has 1 saturated carbocycles. The largest absolute Gasteiger partial charge is 0.386 e. The van der Waals surface area contributed by atoms with Gasteiger partial charge >= 0.3 is 0 Å². The maximum Gasteiger partial charge on any atom is 0.139 e. The van der Waals surface area contributed by atoms with Crippen LogP contribution in [-0.2, 0) is 13.0 Å². The van der Waals surface area contributed by atoms with Crippen molar-refractivity contribution in [3.8, 4) is 6.07 Å². The molecule has 1 N–H and O–H groups in total. The van der Waals surface area contributed by atoms with E-state index in [9.17, 15) is 5.11 Å². The van der Waals surface area contributed by atoms with Crippen LogP contribution in [0.2, 0.25) is 5.02 Å². The Labute approximate surface area is 138 Å². The van der Waals surface area contributed by atoms with Crippen LogP contribution in [0.4, 0.5) is 0 Å². The number of aliphatic hydroxyl groups is 1. The summed E-state index contributed by atoms with van der Waals surface area (Å²) in [7, 11) is 0. The third-order valence-electron chi connectivity index (χ3n) is 4.22. The fourth-order valence-electron chi connectivity index (χ4n) is 2.71. The van der Waals surface area contributed by atoms with Crippen molar-refractivity contribution in [1.82, 2.24) is 9.55 Å². The molecule has 1 fully saturated rings. The number of nitrogens with zero attached hydrogens (tertiary/aromatic N) is 3. The first-order chi connectivity index (χ1) is 10.5. The molecule has 0 saturated heterocycles. The Hall–Kier alpha value is -1.54. The molecule has 6 heteroatoms. The molecule has 1 atom stereocenters. The van der Waals surface area contributed by atoms with Crippen LogP contribution in [0.15, 0.2) is 36.8 Å². The second-order valence-corrected chi connectivity index (χ2v) is 6.91. The average molecular weight is 336 g/mol. The van der Waals surface area contributed by atoms with Crippen molar-refractivity contribution in [3.63, 3.8) is 0 Å². The standard InChI is InChI=1S/C16H15Cl2N3O/c17-14-4-2-1-3-12(14)7-16(22,15(18)5-6-15)10-21-11-20-9-13(21)8-19/h1-4,9,11,22H,5-7,10H2. The second kappa shape index (κ2) is 5.58. The molecule has 1 aliphatic carbocycles. The molecule has 0 amide bonds. The van der Waals surface area contributed by atoms with Crippen LogP contribution in [0, 0.1) is 11.3 Å². The Morgan fingerprint density at radius 1 is 1.41 bits per heavy atom. The maximum absolute atomic E-state index is 11.2. The molecule has 0 aliphatic heterocycles. The third kappa shape index (κ3) is 2.72. The number of imidazole rings is 1. The smallest absolute Gasteiger partial charge is 0.139 e. The van der Waals surface area contributed by atoms with Gasteiger partial charge in [0.25, 0.3) is 0 Å². The summed E-state index contributed by atoms with van der Waals surface area (Å²) in [4.78, 5) is 3.29. The normalized spacial score (nSPS) is 18.5. The molecule has 22 heavy (non-hydrogen) atoms. The zero-order chi connectivity index (χ0) is 15.8. The lowest BCUT2D eigenvalue weighted by atomic mass is 9.88. The summed E-state index contributed by atoms with van der Waals surface area (Å²) < 4.78 is 1.64. The van der Waals surface area contributed by atoms with E-state index < -0.39 is 10.5 Å². The quantitative estimate of drug-likeness (QED) is 0.853. The van der Waals surface area contributed by atoms with E-state index in [1.54, 1.807) is 17.0 Å². The number of hydrogen-bond acceptors (Lipinski definition) is 3. The number of nitriles is 1. The summed E-state index contributed by atoms with van der Waals surface area (Å²) in [6.07, 6.45) is 4.83. The summed E-state index contributed by atoms with van der Waals surface area (Å²) in [6, 6.07) is 9.48. The Morgan fingerprint density at radius 3 is 2.77 bits per heavy atom. The first-order valence-corrected chi connectivity index (χ1v) is 7.78. The van der Waals surface area contributed by atoms with Crippen molar-refractivity contribution in [1.29, 1.82) is 5.26 Å². The molecule has 1 aliphatic rings. The Balaban J connectivity index is 1.93. The predicted octanol–water partition coefficient (Wildman–Crippen LogP) is 3.15. The minimum Gasteiger partial charge on any atom is -0.386 e. The molecule has 3 rings (SSSR count). The highest BCUT2D eigenvalue weighted by atomic mass is 35.5. The number of benzene rings is 1. The van der Waals surface area contributed by atoms with E-state index in [1.807, 2.05) is 18.2 Å². The minimum atomic E-state index is -1.19. The van der Waals surface area contributed by atoms with Gasteiger partial charge in [0.1, 0.15) is 17.4 Å². The van der Waals surface area contributed by atoms with Gasteiger partial charge in [0.2, 0.25) is 0 Å². The molecule has 1 aromatic carbocycles. The van der Waals surface area contributed by atoms with Gasteiger partial charge in [0, 0.05) is 11.4 Å². The van der Waals surface area contributed by atoms with Gasteiger partial charge < -0.3 is 9.67 Å². The van der Waals surface area contributed by atoms with Crippen LogP contribution >= 0.6 is 23.2 Å². The Bertz CT molecular complexity index is 727. The first kappa shape index (κ1) is 15.4. The van der Waals surface area contributed by atoms with Crippen molar-refractivity contribution >= 4 is 23.2 Å². The van der Waals surface area contributed by atoms with Crippen LogP contribution < -0.4 is 0 Å². The van der Waals surface area contributed by atoms with Crippen LogP contribution in [0.1, 0.15) is 24.1 Å².